The van der Waals surface area contributed by atoms with E-state index in [4.69, 9.17) is 5.21 Å². The molecule has 0 aromatic carbocycles. The molecule has 2 N–H and O–H groups in total. The molecule has 0 radical (unpaired) electrons. The average Bonchev–Trinajstić information content (AvgIpc) is 2.45. The Morgan fingerprint density at radius 2 is 2.14 bits per heavy atom. The van der Waals surface area contributed by atoms with Gasteiger partial charge in [0.25, 0.3) is 5.91 Å². The first-order valence-corrected chi connectivity index (χ1v) is 6.32. The van der Waals surface area contributed by atoms with E-state index in [-0.39, 0.29) is 9.77 Å². The van der Waals surface area contributed by atoms with E-state index in [1.807, 2.05) is 0 Å². The molecule has 1 rings (SSSR count). The van der Waals surface area contributed by atoms with Crippen molar-refractivity contribution >= 4 is 27.1 Å². The van der Waals surface area contributed by atoms with Crippen LogP contribution in [-0.4, -0.2) is 25.8 Å². The van der Waals surface area contributed by atoms with Gasteiger partial charge in [-0.2, -0.15) is 0 Å². The minimum Gasteiger partial charge on any atom is -0.288 e. The van der Waals surface area contributed by atoms with Crippen molar-refractivity contribution in [3.63, 3.8) is 0 Å². The molecule has 0 aliphatic carbocycles. The highest BCUT2D eigenvalue weighted by Gasteiger charge is 2.21. The van der Waals surface area contributed by atoms with Crippen LogP contribution < -0.4 is 5.48 Å². The van der Waals surface area contributed by atoms with Crippen LogP contribution in [0.15, 0.2) is 10.3 Å². The van der Waals surface area contributed by atoms with Crippen molar-refractivity contribution in [3.05, 3.63) is 16.5 Å². The maximum absolute atomic E-state index is 11.2. The number of sulfone groups is 1. The second kappa shape index (κ2) is 3.68. The van der Waals surface area contributed by atoms with E-state index in [0.717, 1.165) is 17.6 Å². The summed E-state index contributed by atoms with van der Waals surface area (Å²) >= 11 is 1.01. The predicted octanol–water partition coefficient (Wildman–Crippen LogP) is 0.579. The molecule has 0 aliphatic heterocycles. The van der Waals surface area contributed by atoms with Crippen molar-refractivity contribution in [1.29, 1.82) is 0 Å². The highest BCUT2D eigenvalue weighted by atomic mass is 32.2. The molecular weight excluding hydrogens is 226 g/mol. The molecule has 78 valence electrons. The molecule has 7 heteroatoms. The number of thiophene rings is 1. The van der Waals surface area contributed by atoms with Gasteiger partial charge in [0.1, 0.15) is 4.21 Å². The van der Waals surface area contributed by atoms with Crippen LogP contribution in [0.25, 0.3) is 0 Å². The van der Waals surface area contributed by atoms with Gasteiger partial charge >= 0.3 is 0 Å². The van der Waals surface area contributed by atoms with Gasteiger partial charge in [0.05, 0.1) is 5.56 Å². The highest BCUT2D eigenvalue weighted by Crippen LogP contribution is 2.26. The van der Waals surface area contributed by atoms with Crippen LogP contribution in [0.4, 0.5) is 0 Å². The van der Waals surface area contributed by atoms with Gasteiger partial charge in [-0.1, -0.05) is 0 Å². The summed E-state index contributed by atoms with van der Waals surface area (Å²) in [7, 11) is -3.42. The van der Waals surface area contributed by atoms with Crippen molar-refractivity contribution in [3.8, 4) is 0 Å². The van der Waals surface area contributed by atoms with E-state index in [9.17, 15) is 13.2 Å². The van der Waals surface area contributed by atoms with Gasteiger partial charge in [-0.25, -0.2) is 13.9 Å². The number of carbonyl (C=O) groups excluding carboxylic acids is 1. The Kier molecular flexibility index (Phi) is 2.93. The zero-order valence-electron chi connectivity index (χ0n) is 7.57. The van der Waals surface area contributed by atoms with Gasteiger partial charge in [-0.3, -0.25) is 10.0 Å². The number of hydrogen-bond donors (Lipinski definition) is 2. The lowest BCUT2D eigenvalue weighted by Gasteiger charge is -1.98. The first-order valence-electron chi connectivity index (χ1n) is 3.61. The molecule has 0 aliphatic rings. The molecule has 1 aromatic rings. The van der Waals surface area contributed by atoms with Crippen molar-refractivity contribution in [2.45, 2.75) is 11.1 Å². The standard InChI is InChI=1S/C7H9NO4S2/c1-4-3-5(6(9)8-10)7(13-4)14(2,11)12/h3,10H,1-2H3,(H,8,9). The zero-order valence-corrected chi connectivity index (χ0v) is 9.20. The topological polar surface area (TPSA) is 83.5 Å². The van der Waals surface area contributed by atoms with E-state index >= 15 is 0 Å². The Bertz CT molecular complexity index is 460. The molecule has 0 bridgehead atoms. The number of rotatable bonds is 2. The number of nitrogens with one attached hydrogen (secondary N) is 1. The van der Waals surface area contributed by atoms with Crippen molar-refractivity contribution in [1.82, 2.24) is 5.48 Å². The lowest BCUT2D eigenvalue weighted by molar-refractivity contribution is 0.0703. The molecule has 0 saturated carbocycles. The number of carbonyl (C=O) groups is 1. The predicted molar refractivity (Wildman–Crippen MR) is 51.4 cm³/mol. The smallest absolute Gasteiger partial charge is 0.276 e. The van der Waals surface area contributed by atoms with E-state index in [0.29, 0.717) is 4.88 Å². The Balaban J connectivity index is 3.38. The molecule has 0 fully saturated rings. The fourth-order valence-electron chi connectivity index (χ4n) is 0.987. The van der Waals surface area contributed by atoms with Crippen molar-refractivity contribution in [2.75, 3.05) is 6.26 Å². The summed E-state index contributed by atoms with van der Waals surface area (Å²) in [5.74, 6) is -0.810. The fraction of sp³-hybridized carbons (Fsp3) is 0.286. The van der Waals surface area contributed by atoms with Crippen LogP contribution in [0.1, 0.15) is 15.2 Å². The molecule has 14 heavy (non-hydrogen) atoms. The van der Waals surface area contributed by atoms with Crippen molar-refractivity contribution in [2.24, 2.45) is 0 Å². The molecule has 0 saturated heterocycles. The lowest BCUT2D eigenvalue weighted by atomic mass is 10.3. The molecular formula is C7H9NO4S2. The second-order valence-electron chi connectivity index (χ2n) is 2.77. The van der Waals surface area contributed by atoms with Crippen LogP contribution >= 0.6 is 11.3 Å². The summed E-state index contributed by atoms with van der Waals surface area (Å²) in [6.07, 6.45) is 1.02. The van der Waals surface area contributed by atoms with E-state index in [1.54, 1.807) is 6.92 Å². The van der Waals surface area contributed by atoms with Gasteiger partial charge in [0, 0.05) is 11.1 Å². The van der Waals surface area contributed by atoms with Crippen LogP contribution in [0.2, 0.25) is 0 Å². The normalized spacial score (nSPS) is 11.4. The molecule has 0 spiro atoms. The Morgan fingerprint density at radius 1 is 1.57 bits per heavy atom. The molecule has 0 unspecified atom stereocenters. The summed E-state index contributed by atoms with van der Waals surface area (Å²) in [4.78, 5) is 11.8. The van der Waals surface area contributed by atoms with Gasteiger partial charge < -0.3 is 0 Å². The summed E-state index contributed by atoms with van der Waals surface area (Å²) in [6.45, 7) is 1.69. The molecule has 1 heterocycles. The third-order valence-corrected chi connectivity index (χ3v) is 4.40. The quantitative estimate of drug-likeness (QED) is 0.580. The van der Waals surface area contributed by atoms with Gasteiger partial charge in [-0.05, 0) is 13.0 Å². The first-order chi connectivity index (χ1) is 6.36. The number of aryl methyl sites for hydroxylation is 1. The Hall–Kier alpha value is -0.920. The van der Waals surface area contributed by atoms with Crippen LogP contribution in [0.5, 0.6) is 0 Å². The zero-order chi connectivity index (χ0) is 10.9. The number of hydroxylamine groups is 1. The van der Waals surface area contributed by atoms with E-state index in [2.05, 4.69) is 0 Å². The SMILES string of the molecule is Cc1cc(C(=O)NO)c(S(C)(=O)=O)s1. The van der Waals surface area contributed by atoms with Gasteiger partial charge in [0.2, 0.25) is 0 Å². The lowest BCUT2D eigenvalue weighted by Crippen LogP contribution is -2.19. The van der Waals surface area contributed by atoms with Crippen molar-refractivity contribution < 1.29 is 18.4 Å². The Labute approximate surface area is 85.3 Å². The fourth-order valence-corrected chi connectivity index (χ4v) is 3.27. The first kappa shape index (κ1) is 11.2. The summed E-state index contributed by atoms with van der Waals surface area (Å²) in [5, 5.41) is 8.40. The second-order valence-corrected chi connectivity index (χ2v) is 6.24. The highest BCUT2D eigenvalue weighted by molar-refractivity contribution is 7.92. The van der Waals surface area contributed by atoms with E-state index in [1.165, 1.54) is 11.5 Å². The van der Waals surface area contributed by atoms with Crippen LogP contribution in [-0.2, 0) is 9.84 Å². The number of hydrogen-bond acceptors (Lipinski definition) is 5. The third-order valence-electron chi connectivity index (χ3n) is 1.50. The molecule has 5 nitrogen and oxygen atoms in total. The monoisotopic (exact) mass is 235 g/mol. The number of amides is 1. The van der Waals surface area contributed by atoms with Gasteiger partial charge in [-0.15, -0.1) is 11.3 Å². The minimum absolute atomic E-state index is 0.0162. The van der Waals surface area contributed by atoms with E-state index < -0.39 is 15.7 Å². The molecule has 1 aromatic heterocycles. The Morgan fingerprint density at radius 3 is 2.57 bits per heavy atom. The summed E-state index contributed by atoms with van der Waals surface area (Å²) in [5.41, 5.74) is 1.39. The molecule has 1 amide bonds. The summed E-state index contributed by atoms with van der Waals surface area (Å²) in [6, 6.07) is 1.42. The van der Waals surface area contributed by atoms with Crippen LogP contribution in [0.3, 0.4) is 0 Å². The average molecular weight is 235 g/mol. The maximum Gasteiger partial charge on any atom is 0.276 e. The van der Waals surface area contributed by atoms with Crippen LogP contribution in [0, 0.1) is 6.92 Å². The van der Waals surface area contributed by atoms with Gasteiger partial charge in [0.15, 0.2) is 9.84 Å². The third kappa shape index (κ3) is 2.11. The minimum atomic E-state index is -3.42. The largest absolute Gasteiger partial charge is 0.288 e. The summed E-state index contributed by atoms with van der Waals surface area (Å²) < 4.78 is 22.4. The molecule has 0 atom stereocenters. The maximum atomic E-state index is 11.2.